The maximum atomic E-state index is 11.7. The molecule has 0 aromatic heterocycles. The Labute approximate surface area is 266 Å². The molecule has 16 atom stereocenters. The Hall–Kier alpha value is -1.62. The van der Waals surface area contributed by atoms with Crippen LogP contribution in [0, 0.1) is 0 Å². The van der Waals surface area contributed by atoms with E-state index in [1.165, 1.54) is 7.05 Å². The number of imide groups is 1. The van der Waals surface area contributed by atoms with E-state index in [0.29, 0.717) is 5.06 Å². The molecule has 0 bridgehead atoms. The highest BCUT2D eigenvalue weighted by Gasteiger charge is 2.53. The second-order valence-electron chi connectivity index (χ2n) is 11.5. The van der Waals surface area contributed by atoms with Crippen LogP contribution in [0.25, 0.3) is 0 Å². The quantitative estimate of drug-likeness (QED) is 0.0485. The fourth-order valence-electron chi connectivity index (χ4n) is 5.59. The second kappa shape index (κ2) is 16.4. The lowest BCUT2D eigenvalue weighted by atomic mass is 9.93. The summed E-state index contributed by atoms with van der Waals surface area (Å²) in [6, 6.07) is -1.20. The molecule has 12 N–H and O–H groups in total. The van der Waals surface area contributed by atoms with Gasteiger partial charge in [0.1, 0.15) is 79.9 Å². The van der Waals surface area contributed by atoms with Crippen molar-refractivity contribution in [3.05, 3.63) is 0 Å². The molecule has 0 saturated carbocycles. The lowest BCUT2D eigenvalue weighted by Gasteiger charge is -2.49. The third-order valence-corrected chi connectivity index (χ3v) is 8.29. The zero-order valence-electron chi connectivity index (χ0n) is 25.1. The summed E-state index contributed by atoms with van der Waals surface area (Å²) in [5, 5.41) is 118. The van der Waals surface area contributed by atoms with Gasteiger partial charge in [-0.15, -0.1) is 0 Å². The van der Waals surface area contributed by atoms with Crippen molar-refractivity contribution in [1.29, 1.82) is 0 Å². The summed E-state index contributed by atoms with van der Waals surface area (Å²) in [7, 11) is 1.28. The molecule has 0 aliphatic carbocycles. The van der Waals surface area contributed by atoms with Gasteiger partial charge in [-0.1, -0.05) is 0 Å². The number of ether oxygens (including phenoxy) is 4. The van der Waals surface area contributed by atoms with Crippen molar-refractivity contribution in [2.45, 2.75) is 111 Å². The molecule has 22 heteroatoms. The fraction of sp³-hybridized carbons (Fsp3) is 0.920. The van der Waals surface area contributed by atoms with E-state index in [0.717, 1.165) is 5.06 Å². The lowest BCUT2D eigenvalue weighted by molar-refractivity contribution is -0.369. The van der Waals surface area contributed by atoms with Gasteiger partial charge < -0.3 is 75.1 Å². The molecule has 2 amide bonds. The highest BCUT2D eigenvalue weighted by atomic mass is 16.8. The van der Waals surface area contributed by atoms with Crippen molar-refractivity contribution >= 4 is 11.8 Å². The molecule has 4 aliphatic heterocycles. The minimum Gasteiger partial charge on any atom is -0.395 e. The molecule has 272 valence electrons. The van der Waals surface area contributed by atoms with Crippen LogP contribution in [-0.4, -0.2) is 210 Å². The Morgan fingerprint density at radius 1 is 0.766 bits per heavy atom. The molecule has 0 aromatic rings. The van der Waals surface area contributed by atoms with Gasteiger partial charge in [-0.05, 0) is 0 Å². The van der Waals surface area contributed by atoms with Crippen LogP contribution in [-0.2, 0) is 38.2 Å². The molecule has 4 aliphatic rings. The topological polar surface area (TPSA) is 331 Å². The van der Waals surface area contributed by atoms with Crippen molar-refractivity contribution in [3.63, 3.8) is 0 Å². The number of nitrogens with one attached hydrogen (secondary N) is 1. The van der Waals surface area contributed by atoms with Crippen LogP contribution in [0.3, 0.4) is 0 Å². The van der Waals surface area contributed by atoms with Crippen LogP contribution in [0.1, 0.15) is 12.8 Å². The zero-order chi connectivity index (χ0) is 34.7. The van der Waals surface area contributed by atoms with Gasteiger partial charge in [-0.3, -0.25) is 19.7 Å². The van der Waals surface area contributed by atoms with Gasteiger partial charge in [0, 0.05) is 19.9 Å². The molecule has 0 spiro atoms. The maximum Gasteiger partial charge on any atom is 0.254 e. The van der Waals surface area contributed by atoms with Gasteiger partial charge in [0.15, 0.2) is 12.6 Å². The molecule has 16 unspecified atom stereocenters. The summed E-state index contributed by atoms with van der Waals surface area (Å²) in [5.74, 6) is -1.30. The van der Waals surface area contributed by atoms with Gasteiger partial charge in [0.25, 0.3) is 11.8 Å². The molecule has 47 heavy (non-hydrogen) atoms. The average molecular weight is 690 g/mol. The predicted molar refractivity (Wildman–Crippen MR) is 143 cm³/mol. The Balaban J connectivity index is 1.40. The van der Waals surface area contributed by atoms with Crippen molar-refractivity contribution in [1.82, 2.24) is 15.4 Å². The van der Waals surface area contributed by atoms with E-state index in [9.17, 15) is 65.8 Å². The largest absolute Gasteiger partial charge is 0.395 e. The first-order chi connectivity index (χ1) is 22.2. The summed E-state index contributed by atoms with van der Waals surface area (Å²) in [4.78, 5) is 33.6. The first kappa shape index (κ1) is 38.2. The van der Waals surface area contributed by atoms with Gasteiger partial charge in [-0.25, -0.2) is 4.84 Å². The number of hydrogen-bond donors (Lipinski definition) is 12. The van der Waals surface area contributed by atoms with Crippen molar-refractivity contribution in [2.24, 2.45) is 0 Å². The summed E-state index contributed by atoms with van der Waals surface area (Å²) in [6.45, 7) is -3.01. The Morgan fingerprint density at radius 2 is 1.32 bits per heavy atom. The number of piperidine rings is 1. The van der Waals surface area contributed by atoms with E-state index in [2.05, 4.69) is 5.32 Å². The first-order valence-corrected chi connectivity index (χ1v) is 14.8. The van der Waals surface area contributed by atoms with Crippen LogP contribution in [0.2, 0.25) is 0 Å². The lowest BCUT2D eigenvalue weighted by Crippen LogP contribution is -2.72. The molecule has 4 fully saturated rings. The summed E-state index contributed by atoms with van der Waals surface area (Å²) < 4.78 is 22.0. The average Bonchev–Trinajstić information content (AvgIpc) is 3.37. The van der Waals surface area contributed by atoms with E-state index >= 15 is 0 Å². The second-order valence-corrected chi connectivity index (χ2v) is 11.5. The number of amides is 2. The van der Waals surface area contributed by atoms with E-state index in [-0.39, 0.29) is 12.8 Å². The number of carbonyl (C=O) groups is 2. The number of hydrogen-bond acceptors (Lipinski definition) is 21. The minimum absolute atomic E-state index is 0.0791. The third kappa shape index (κ3) is 8.24. The molecular formula is C25H43N3O19. The summed E-state index contributed by atoms with van der Waals surface area (Å²) in [6.07, 6.45) is -25.8. The minimum atomic E-state index is -1.96. The van der Waals surface area contributed by atoms with Crippen LogP contribution in [0.5, 0.6) is 0 Å². The number of aliphatic hydroxyl groups excluding tert-OH is 11. The molecular weight excluding hydrogens is 646 g/mol. The number of rotatable bonds is 13. The van der Waals surface area contributed by atoms with Crippen LogP contribution < -0.4 is 5.32 Å². The van der Waals surface area contributed by atoms with Crippen LogP contribution in [0.4, 0.5) is 0 Å². The van der Waals surface area contributed by atoms with Gasteiger partial charge in [-0.2, -0.15) is 10.1 Å². The molecule has 4 saturated heterocycles. The molecule has 0 aromatic carbocycles. The highest BCUT2D eigenvalue weighted by molar-refractivity contribution is 6.00. The van der Waals surface area contributed by atoms with Crippen molar-refractivity contribution < 1.29 is 94.4 Å². The molecule has 4 heterocycles. The standard InChI is InChI=1S/C25H43N3O19/c1-27(42-7-13(34)47-28-11(32)2-3-12(28)33)23-18(39)17(38)21(8(4-29)26-23)45-25-20(41)22(15(36)10(6-31)44-25)46-24-19(40)16(37)14(35)9(5-30)43-24/h8-10,13-26,29-31,34-41H,2-7H2,1H3. The molecule has 22 nitrogen and oxygen atoms in total. The number of aliphatic hydroxyl groups is 11. The number of hydroxylamine groups is 4. The number of nitrogens with zero attached hydrogens (tertiary/aromatic N) is 2. The van der Waals surface area contributed by atoms with Crippen LogP contribution >= 0.6 is 0 Å². The first-order valence-electron chi connectivity index (χ1n) is 14.8. The number of carbonyl (C=O) groups excluding carboxylic acids is 2. The van der Waals surface area contributed by atoms with Crippen molar-refractivity contribution in [3.8, 4) is 0 Å². The monoisotopic (exact) mass is 689 g/mol. The molecule has 0 radical (unpaired) electrons. The number of likely N-dealkylation sites (N-methyl/N-ethyl adjacent to an activating group) is 1. The predicted octanol–water partition coefficient (Wildman–Crippen LogP) is -8.73. The summed E-state index contributed by atoms with van der Waals surface area (Å²) >= 11 is 0. The van der Waals surface area contributed by atoms with E-state index in [4.69, 9.17) is 28.6 Å². The fourth-order valence-corrected chi connectivity index (χ4v) is 5.59. The summed E-state index contributed by atoms with van der Waals surface area (Å²) in [5.41, 5.74) is 0. The Morgan fingerprint density at radius 3 is 1.89 bits per heavy atom. The zero-order valence-corrected chi connectivity index (χ0v) is 25.1. The van der Waals surface area contributed by atoms with Crippen LogP contribution in [0.15, 0.2) is 0 Å². The highest BCUT2D eigenvalue weighted by Crippen LogP contribution is 2.32. The third-order valence-electron chi connectivity index (χ3n) is 8.29. The van der Waals surface area contributed by atoms with Gasteiger partial charge in [0.05, 0.1) is 25.9 Å². The van der Waals surface area contributed by atoms with E-state index in [1.807, 2.05) is 0 Å². The van der Waals surface area contributed by atoms with Gasteiger partial charge >= 0.3 is 0 Å². The maximum absolute atomic E-state index is 11.7. The van der Waals surface area contributed by atoms with E-state index < -0.39 is 136 Å². The normalized spacial score (nSPS) is 43.9. The molecule has 4 rings (SSSR count). The Kier molecular flexibility index (Phi) is 13.3. The smallest absolute Gasteiger partial charge is 0.254 e. The Bertz CT molecular complexity index is 1030. The van der Waals surface area contributed by atoms with Gasteiger partial charge in [0.2, 0.25) is 6.29 Å². The SMILES string of the molecule is CN(OCC(O)ON1C(=O)CCC1=O)C1NC(CO)C(OC2OC(CO)C(O)C(OC3OC(CO)C(O)C(O)C3O)C2O)C(O)C1O. The van der Waals surface area contributed by atoms with Crippen molar-refractivity contribution in [2.75, 3.05) is 33.5 Å². The van der Waals surface area contributed by atoms with E-state index in [1.54, 1.807) is 0 Å².